The lowest BCUT2D eigenvalue weighted by molar-refractivity contribution is 0.0902. The Kier molecular flexibility index (Phi) is 4.57. The molecule has 5 nitrogen and oxygen atoms in total. The number of nitrogens with zero attached hydrogens (tertiary/aromatic N) is 2. The van der Waals surface area contributed by atoms with E-state index in [1.54, 1.807) is 0 Å². The fourth-order valence-corrected chi connectivity index (χ4v) is 2.69. The number of aromatic nitrogens is 2. The van der Waals surface area contributed by atoms with E-state index in [4.69, 9.17) is 0 Å². The third-order valence-corrected chi connectivity index (χ3v) is 3.97. The highest BCUT2D eigenvalue weighted by Crippen LogP contribution is 2.23. The smallest absolute Gasteiger partial charge is 0.271 e. The Balaban J connectivity index is 2.13. The summed E-state index contributed by atoms with van der Waals surface area (Å²) in [6, 6.07) is 3.08. The lowest BCUT2D eigenvalue weighted by Gasteiger charge is -2.29. The molecule has 20 heavy (non-hydrogen) atoms. The first-order valence-electron chi connectivity index (χ1n) is 7.39. The minimum absolute atomic E-state index is 0.0520. The zero-order chi connectivity index (χ0) is 14.7. The Bertz CT molecular complexity index is 536. The van der Waals surface area contributed by atoms with Gasteiger partial charge >= 0.3 is 0 Å². The average molecular weight is 277 g/mol. The molecule has 1 aliphatic rings. The van der Waals surface area contributed by atoms with Crippen molar-refractivity contribution in [3.05, 3.63) is 28.2 Å². The van der Waals surface area contributed by atoms with Gasteiger partial charge in [-0.2, -0.15) is 5.10 Å². The van der Waals surface area contributed by atoms with E-state index in [1.165, 1.54) is 23.2 Å². The van der Waals surface area contributed by atoms with Crippen LogP contribution in [0.1, 0.15) is 63.0 Å². The van der Waals surface area contributed by atoms with E-state index in [0.717, 1.165) is 19.3 Å². The van der Waals surface area contributed by atoms with Gasteiger partial charge in [0.2, 0.25) is 0 Å². The van der Waals surface area contributed by atoms with Crippen molar-refractivity contribution in [2.45, 2.75) is 58.5 Å². The molecule has 1 amide bonds. The predicted molar refractivity (Wildman–Crippen MR) is 77.8 cm³/mol. The van der Waals surface area contributed by atoms with Crippen molar-refractivity contribution in [1.29, 1.82) is 0 Å². The van der Waals surface area contributed by atoms with Gasteiger partial charge in [0.15, 0.2) is 0 Å². The van der Waals surface area contributed by atoms with Crippen LogP contribution in [0, 0.1) is 5.92 Å². The van der Waals surface area contributed by atoms with Crippen molar-refractivity contribution in [3.8, 4) is 0 Å². The molecule has 1 heterocycles. The summed E-state index contributed by atoms with van der Waals surface area (Å²) in [5.74, 6) is 0.321. The molecule has 110 valence electrons. The van der Waals surface area contributed by atoms with Crippen molar-refractivity contribution in [2.24, 2.45) is 5.92 Å². The van der Waals surface area contributed by atoms with Gasteiger partial charge in [0, 0.05) is 12.1 Å². The second-order valence-corrected chi connectivity index (χ2v) is 5.94. The highest BCUT2D eigenvalue weighted by atomic mass is 16.2. The van der Waals surface area contributed by atoms with Crippen LogP contribution in [0.25, 0.3) is 0 Å². The lowest BCUT2D eigenvalue weighted by atomic mass is 9.86. The van der Waals surface area contributed by atoms with Gasteiger partial charge in [-0.1, -0.05) is 19.8 Å². The SMILES string of the molecule is CC1CCCCC1NC(=O)c1ccc(=O)n(C(C)C)n1. The number of rotatable bonds is 3. The number of carbonyl (C=O) groups is 1. The van der Waals surface area contributed by atoms with Crippen LogP contribution in [-0.2, 0) is 0 Å². The molecule has 2 atom stereocenters. The molecule has 1 aromatic heterocycles. The van der Waals surface area contributed by atoms with Crippen LogP contribution in [0.2, 0.25) is 0 Å². The molecule has 1 saturated carbocycles. The van der Waals surface area contributed by atoms with Crippen LogP contribution in [0.3, 0.4) is 0 Å². The number of hydrogen-bond acceptors (Lipinski definition) is 3. The first-order valence-corrected chi connectivity index (χ1v) is 7.39. The Morgan fingerprint density at radius 2 is 2.05 bits per heavy atom. The maximum absolute atomic E-state index is 12.3. The van der Waals surface area contributed by atoms with E-state index < -0.39 is 0 Å². The summed E-state index contributed by atoms with van der Waals surface area (Å²) in [6.45, 7) is 5.92. The molecular formula is C15H23N3O2. The van der Waals surface area contributed by atoms with E-state index in [9.17, 15) is 9.59 Å². The van der Waals surface area contributed by atoms with Gasteiger partial charge in [-0.05, 0) is 38.7 Å². The Morgan fingerprint density at radius 1 is 1.35 bits per heavy atom. The molecule has 0 radical (unpaired) electrons. The number of nitrogens with one attached hydrogen (secondary N) is 1. The van der Waals surface area contributed by atoms with Crippen molar-refractivity contribution < 1.29 is 4.79 Å². The van der Waals surface area contributed by atoms with Crippen LogP contribution in [0.15, 0.2) is 16.9 Å². The second-order valence-electron chi connectivity index (χ2n) is 5.94. The van der Waals surface area contributed by atoms with Crippen LogP contribution in [0.4, 0.5) is 0 Å². The number of carbonyl (C=O) groups excluding carboxylic acids is 1. The van der Waals surface area contributed by atoms with Gasteiger partial charge < -0.3 is 5.32 Å². The third kappa shape index (κ3) is 3.26. The van der Waals surface area contributed by atoms with Crippen LogP contribution < -0.4 is 10.9 Å². The standard InChI is InChI=1S/C15H23N3O2/c1-10(2)18-14(19)9-8-13(17-18)15(20)16-12-7-5-4-6-11(12)3/h8-12H,4-7H2,1-3H3,(H,16,20). The highest BCUT2D eigenvalue weighted by Gasteiger charge is 2.24. The Labute approximate surface area is 119 Å². The van der Waals surface area contributed by atoms with Crippen LogP contribution in [-0.4, -0.2) is 21.7 Å². The Hall–Kier alpha value is -1.65. The number of hydrogen-bond donors (Lipinski definition) is 1. The largest absolute Gasteiger partial charge is 0.348 e. The predicted octanol–water partition coefficient (Wildman–Crippen LogP) is 2.13. The summed E-state index contributed by atoms with van der Waals surface area (Å²) in [5, 5.41) is 7.21. The van der Waals surface area contributed by atoms with E-state index in [0.29, 0.717) is 11.6 Å². The molecule has 5 heteroatoms. The van der Waals surface area contributed by atoms with Gasteiger partial charge in [-0.3, -0.25) is 9.59 Å². The monoisotopic (exact) mass is 277 g/mol. The van der Waals surface area contributed by atoms with Gasteiger partial charge in [-0.25, -0.2) is 4.68 Å². The minimum atomic E-state index is -0.182. The van der Waals surface area contributed by atoms with Crippen molar-refractivity contribution in [2.75, 3.05) is 0 Å². The minimum Gasteiger partial charge on any atom is -0.348 e. The van der Waals surface area contributed by atoms with Crippen LogP contribution in [0.5, 0.6) is 0 Å². The average Bonchev–Trinajstić information content (AvgIpc) is 2.41. The topological polar surface area (TPSA) is 64.0 Å². The molecule has 1 aliphatic carbocycles. The normalized spacial score (nSPS) is 22.8. The van der Waals surface area contributed by atoms with E-state index in [-0.39, 0.29) is 23.6 Å². The molecule has 0 spiro atoms. The maximum atomic E-state index is 12.3. The number of amides is 1. The fraction of sp³-hybridized carbons (Fsp3) is 0.667. The summed E-state index contributed by atoms with van der Waals surface area (Å²) in [7, 11) is 0. The lowest BCUT2D eigenvalue weighted by Crippen LogP contribution is -2.42. The quantitative estimate of drug-likeness (QED) is 0.920. The molecule has 1 aromatic rings. The summed E-state index contributed by atoms with van der Waals surface area (Å²) >= 11 is 0. The second kappa shape index (κ2) is 6.20. The van der Waals surface area contributed by atoms with E-state index >= 15 is 0 Å². The maximum Gasteiger partial charge on any atom is 0.271 e. The van der Waals surface area contributed by atoms with Crippen molar-refractivity contribution >= 4 is 5.91 Å². The molecule has 2 rings (SSSR count). The summed E-state index contributed by atoms with van der Waals surface area (Å²) < 4.78 is 1.35. The van der Waals surface area contributed by atoms with Gasteiger partial charge in [0.25, 0.3) is 11.5 Å². The first-order chi connectivity index (χ1) is 9.49. The molecule has 2 unspecified atom stereocenters. The highest BCUT2D eigenvalue weighted by molar-refractivity contribution is 5.92. The molecule has 0 bridgehead atoms. The van der Waals surface area contributed by atoms with Crippen LogP contribution >= 0.6 is 0 Å². The van der Waals surface area contributed by atoms with Gasteiger partial charge in [0.05, 0.1) is 6.04 Å². The van der Waals surface area contributed by atoms with E-state index in [1.807, 2.05) is 13.8 Å². The van der Waals surface area contributed by atoms with Crippen molar-refractivity contribution in [1.82, 2.24) is 15.1 Å². The van der Waals surface area contributed by atoms with Gasteiger partial charge in [0.1, 0.15) is 5.69 Å². The summed E-state index contributed by atoms with van der Waals surface area (Å²) in [5.41, 5.74) is 0.138. The molecular weight excluding hydrogens is 254 g/mol. The third-order valence-electron chi connectivity index (χ3n) is 3.97. The molecule has 1 fully saturated rings. The Morgan fingerprint density at radius 3 is 2.70 bits per heavy atom. The van der Waals surface area contributed by atoms with Gasteiger partial charge in [-0.15, -0.1) is 0 Å². The summed E-state index contributed by atoms with van der Waals surface area (Å²) in [6.07, 6.45) is 4.58. The van der Waals surface area contributed by atoms with E-state index in [2.05, 4.69) is 17.3 Å². The molecule has 0 aromatic carbocycles. The zero-order valence-corrected chi connectivity index (χ0v) is 12.4. The summed E-state index contributed by atoms with van der Waals surface area (Å²) in [4.78, 5) is 23.9. The molecule has 0 aliphatic heterocycles. The first kappa shape index (κ1) is 14.8. The fourth-order valence-electron chi connectivity index (χ4n) is 2.69. The molecule has 0 saturated heterocycles. The van der Waals surface area contributed by atoms with Crippen molar-refractivity contribution in [3.63, 3.8) is 0 Å². The molecule has 1 N–H and O–H groups in total. The zero-order valence-electron chi connectivity index (χ0n) is 12.4.